The number of rotatable bonds is 4. The van der Waals surface area contributed by atoms with Crippen molar-refractivity contribution >= 4 is 0 Å². The van der Waals surface area contributed by atoms with E-state index < -0.39 is 6.04 Å². The van der Waals surface area contributed by atoms with Crippen LogP contribution < -0.4 is 0 Å². The topological polar surface area (TPSA) is 43.1 Å². The molecular weight excluding hydrogens is 226 g/mol. The maximum Gasteiger partial charge on any atom is 0.221 e. The molecule has 0 N–H and O–H groups in total. The molecule has 0 aliphatic carbocycles. The predicted octanol–water partition coefficient (Wildman–Crippen LogP) is 3.48. The first kappa shape index (κ1) is 12.3. The van der Waals surface area contributed by atoms with Crippen molar-refractivity contribution in [3.05, 3.63) is 81.9 Å². The van der Waals surface area contributed by atoms with Crippen LogP contribution in [-0.2, 0) is 0 Å². The molecule has 0 saturated carbocycles. The summed E-state index contributed by atoms with van der Waals surface area (Å²) < 4.78 is 0. The number of nitro groups is 1. The van der Waals surface area contributed by atoms with Gasteiger partial charge < -0.3 is 0 Å². The first-order valence-electron chi connectivity index (χ1n) is 5.93. The lowest BCUT2D eigenvalue weighted by Gasteiger charge is -2.19. The SMILES string of the molecule is CC(C(c1ccccc1)c1ccccc1)[N+](=O)[O-]. The largest absolute Gasteiger partial charge is 0.264 e. The first-order valence-corrected chi connectivity index (χ1v) is 5.93. The first-order chi connectivity index (χ1) is 8.70. The van der Waals surface area contributed by atoms with E-state index in [-0.39, 0.29) is 10.8 Å². The highest BCUT2D eigenvalue weighted by atomic mass is 16.6. The summed E-state index contributed by atoms with van der Waals surface area (Å²) in [6.45, 7) is 1.66. The van der Waals surface area contributed by atoms with Crippen LogP contribution in [0.4, 0.5) is 0 Å². The molecule has 3 heteroatoms. The molecule has 0 spiro atoms. The van der Waals surface area contributed by atoms with Crippen LogP contribution in [0.1, 0.15) is 24.0 Å². The molecule has 0 aromatic heterocycles. The Kier molecular flexibility index (Phi) is 3.72. The van der Waals surface area contributed by atoms with Crippen molar-refractivity contribution in [1.29, 1.82) is 0 Å². The molecule has 2 aromatic rings. The molecule has 0 aliphatic rings. The third-order valence-electron chi connectivity index (χ3n) is 3.13. The third-order valence-corrected chi connectivity index (χ3v) is 3.13. The zero-order valence-electron chi connectivity index (χ0n) is 10.2. The summed E-state index contributed by atoms with van der Waals surface area (Å²) >= 11 is 0. The molecule has 0 bridgehead atoms. The van der Waals surface area contributed by atoms with E-state index in [1.807, 2.05) is 60.7 Å². The van der Waals surface area contributed by atoms with Gasteiger partial charge in [-0.05, 0) is 11.1 Å². The molecule has 3 nitrogen and oxygen atoms in total. The lowest BCUT2D eigenvalue weighted by atomic mass is 9.86. The summed E-state index contributed by atoms with van der Waals surface area (Å²) in [5, 5.41) is 11.1. The zero-order valence-corrected chi connectivity index (χ0v) is 10.2. The summed E-state index contributed by atoms with van der Waals surface area (Å²) in [6, 6.07) is 18.6. The van der Waals surface area contributed by atoms with Crippen molar-refractivity contribution in [1.82, 2.24) is 0 Å². The van der Waals surface area contributed by atoms with Gasteiger partial charge in [0.05, 0.1) is 5.92 Å². The van der Waals surface area contributed by atoms with E-state index in [4.69, 9.17) is 0 Å². The fourth-order valence-corrected chi connectivity index (χ4v) is 2.19. The highest BCUT2D eigenvalue weighted by Gasteiger charge is 2.29. The number of hydrogen-bond acceptors (Lipinski definition) is 2. The van der Waals surface area contributed by atoms with Crippen molar-refractivity contribution in [2.75, 3.05) is 0 Å². The molecule has 2 aromatic carbocycles. The Morgan fingerprint density at radius 2 is 1.28 bits per heavy atom. The van der Waals surface area contributed by atoms with Crippen molar-refractivity contribution < 1.29 is 4.92 Å². The number of nitrogens with zero attached hydrogens (tertiary/aromatic N) is 1. The third kappa shape index (κ3) is 2.56. The molecule has 0 aliphatic heterocycles. The van der Waals surface area contributed by atoms with Crippen molar-refractivity contribution in [2.45, 2.75) is 18.9 Å². The fraction of sp³-hybridized carbons (Fsp3) is 0.200. The molecule has 0 heterocycles. The maximum atomic E-state index is 11.1. The molecule has 2 rings (SSSR count). The van der Waals surface area contributed by atoms with Crippen LogP contribution in [0.2, 0.25) is 0 Å². The average Bonchev–Trinajstić information content (AvgIpc) is 2.41. The minimum absolute atomic E-state index is 0.206. The highest BCUT2D eigenvalue weighted by Crippen LogP contribution is 2.29. The molecular formula is C15H15NO2. The van der Waals surface area contributed by atoms with E-state index in [1.165, 1.54) is 0 Å². The lowest BCUT2D eigenvalue weighted by molar-refractivity contribution is -0.520. The molecule has 0 amide bonds. The van der Waals surface area contributed by atoms with Crippen LogP contribution in [-0.4, -0.2) is 11.0 Å². The quantitative estimate of drug-likeness (QED) is 0.607. The summed E-state index contributed by atoms with van der Waals surface area (Å²) in [5.41, 5.74) is 1.96. The van der Waals surface area contributed by atoms with Gasteiger partial charge in [0.2, 0.25) is 6.04 Å². The van der Waals surface area contributed by atoms with Crippen molar-refractivity contribution in [3.8, 4) is 0 Å². The van der Waals surface area contributed by atoms with E-state index in [1.54, 1.807) is 6.92 Å². The van der Waals surface area contributed by atoms with E-state index in [9.17, 15) is 10.1 Å². The van der Waals surface area contributed by atoms with Gasteiger partial charge in [0.1, 0.15) is 0 Å². The predicted molar refractivity (Wildman–Crippen MR) is 71.2 cm³/mol. The normalized spacial score (nSPS) is 12.3. The van der Waals surface area contributed by atoms with E-state index in [0.717, 1.165) is 11.1 Å². The van der Waals surface area contributed by atoms with Gasteiger partial charge in [-0.2, -0.15) is 0 Å². The molecule has 18 heavy (non-hydrogen) atoms. The Balaban J connectivity index is 2.45. The summed E-state index contributed by atoms with van der Waals surface area (Å²) in [7, 11) is 0. The Morgan fingerprint density at radius 3 is 1.61 bits per heavy atom. The molecule has 92 valence electrons. The van der Waals surface area contributed by atoms with Crippen LogP contribution in [0.3, 0.4) is 0 Å². The van der Waals surface area contributed by atoms with Crippen LogP contribution in [0.25, 0.3) is 0 Å². The summed E-state index contributed by atoms with van der Waals surface area (Å²) in [4.78, 5) is 10.9. The summed E-state index contributed by atoms with van der Waals surface area (Å²) in [5.74, 6) is -0.206. The smallest absolute Gasteiger partial charge is 0.221 e. The molecule has 0 fully saturated rings. The number of hydrogen-bond donors (Lipinski definition) is 0. The second-order valence-corrected chi connectivity index (χ2v) is 4.32. The second kappa shape index (κ2) is 5.45. The van der Waals surface area contributed by atoms with Gasteiger partial charge in [-0.3, -0.25) is 10.1 Å². The maximum absolute atomic E-state index is 11.1. The minimum Gasteiger partial charge on any atom is -0.264 e. The van der Waals surface area contributed by atoms with Gasteiger partial charge in [-0.1, -0.05) is 60.7 Å². The van der Waals surface area contributed by atoms with Gasteiger partial charge in [-0.25, -0.2) is 0 Å². The number of benzene rings is 2. The van der Waals surface area contributed by atoms with Crippen molar-refractivity contribution in [3.63, 3.8) is 0 Å². The summed E-state index contributed by atoms with van der Waals surface area (Å²) in [6.07, 6.45) is 0. The second-order valence-electron chi connectivity index (χ2n) is 4.32. The van der Waals surface area contributed by atoms with E-state index in [2.05, 4.69) is 0 Å². The lowest BCUT2D eigenvalue weighted by Crippen LogP contribution is -2.25. The van der Waals surface area contributed by atoms with Crippen LogP contribution in [0.5, 0.6) is 0 Å². The van der Waals surface area contributed by atoms with Gasteiger partial charge >= 0.3 is 0 Å². The monoisotopic (exact) mass is 241 g/mol. The Bertz CT molecular complexity index is 471. The molecule has 0 radical (unpaired) electrons. The van der Waals surface area contributed by atoms with Crippen LogP contribution in [0, 0.1) is 10.1 Å². The van der Waals surface area contributed by atoms with Crippen LogP contribution in [0.15, 0.2) is 60.7 Å². The standard InChI is InChI=1S/C15H15NO2/c1-12(16(17)18)15(13-8-4-2-5-9-13)14-10-6-3-7-11-14/h2-12,15H,1H3. The Labute approximate surface area is 106 Å². The molecule has 1 atom stereocenters. The molecule has 0 saturated heterocycles. The minimum atomic E-state index is -0.644. The van der Waals surface area contributed by atoms with Gasteiger partial charge in [0, 0.05) is 11.8 Å². The average molecular weight is 241 g/mol. The van der Waals surface area contributed by atoms with Crippen molar-refractivity contribution in [2.24, 2.45) is 0 Å². The fourth-order valence-electron chi connectivity index (χ4n) is 2.19. The van der Waals surface area contributed by atoms with Gasteiger partial charge in [0.15, 0.2) is 0 Å². The van der Waals surface area contributed by atoms with E-state index in [0.29, 0.717) is 0 Å². The Hall–Kier alpha value is -2.16. The zero-order chi connectivity index (χ0) is 13.0. The Morgan fingerprint density at radius 1 is 0.889 bits per heavy atom. The molecule has 1 unspecified atom stereocenters. The van der Waals surface area contributed by atoms with E-state index >= 15 is 0 Å². The highest BCUT2D eigenvalue weighted by molar-refractivity contribution is 5.33. The van der Waals surface area contributed by atoms with Crippen LogP contribution >= 0.6 is 0 Å². The van der Waals surface area contributed by atoms with Gasteiger partial charge in [-0.15, -0.1) is 0 Å². The van der Waals surface area contributed by atoms with Gasteiger partial charge in [0.25, 0.3) is 0 Å².